The molecule has 4 rings (SSSR count). The first-order valence-corrected chi connectivity index (χ1v) is 9.27. The number of benzene rings is 2. The lowest BCUT2D eigenvalue weighted by atomic mass is 10.0. The minimum absolute atomic E-state index is 0.00589. The van der Waals surface area contributed by atoms with E-state index in [-0.39, 0.29) is 17.1 Å². The van der Waals surface area contributed by atoms with Gasteiger partial charge in [0, 0.05) is 17.3 Å². The fraction of sp³-hybridized carbons (Fsp3) is 0.0870. The average molecular weight is 445 g/mol. The van der Waals surface area contributed by atoms with E-state index in [4.69, 9.17) is 0 Å². The fourth-order valence-corrected chi connectivity index (χ4v) is 3.05. The molecule has 0 fully saturated rings. The van der Waals surface area contributed by atoms with E-state index in [1.54, 1.807) is 24.3 Å². The van der Waals surface area contributed by atoms with E-state index < -0.39 is 23.7 Å². The summed E-state index contributed by atoms with van der Waals surface area (Å²) in [4.78, 5) is 11.1. The number of alkyl halides is 6. The van der Waals surface area contributed by atoms with E-state index in [9.17, 15) is 26.3 Å². The Morgan fingerprint density at radius 2 is 1.19 bits per heavy atom. The molecule has 0 saturated carbocycles. The van der Waals surface area contributed by atoms with Crippen LogP contribution in [0.15, 0.2) is 79.0 Å². The van der Waals surface area contributed by atoms with Crippen molar-refractivity contribution in [2.24, 2.45) is 0 Å². The van der Waals surface area contributed by atoms with Gasteiger partial charge in [-0.3, -0.25) is 4.98 Å². The van der Waals surface area contributed by atoms with Gasteiger partial charge in [0.25, 0.3) is 0 Å². The maximum absolute atomic E-state index is 13.5. The highest BCUT2D eigenvalue weighted by atomic mass is 19.4. The molecule has 2 heterocycles. The van der Waals surface area contributed by atoms with Crippen molar-refractivity contribution in [1.29, 1.82) is 0 Å². The molecule has 0 amide bonds. The molecule has 0 aliphatic heterocycles. The van der Waals surface area contributed by atoms with E-state index in [0.29, 0.717) is 17.7 Å². The number of halogens is 6. The van der Waals surface area contributed by atoms with Crippen LogP contribution in [-0.4, -0.2) is 15.0 Å². The Morgan fingerprint density at radius 1 is 0.531 bits per heavy atom. The summed E-state index contributed by atoms with van der Waals surface area (Å²) in [5.74, 6) is -0.201. The van der Waals surface area contributed by atoms with Crippen molar-refractivity contribution in [3.05, 3.63) is 90.4 Å². The summed E-state index contributed by atoms with van der Waals surface area (Å²) in [5, 5.41) is 0. The molecule has 0 bridgehead atoms. The third kappa shape index (κ3) is 4.61. The Bertz CT molecular complexity index is 1230. The van der Waals surface area contributed by atoms with Crippen LogP contribution in [0.4, 0.5) is 26.3 Å². The van der Waals surface area contributed by atoms with Crippen LogP contribution >= 0.6 is 0 Å². The molecule has 9 heteroatoms. The molecule has 2 aromatic carbocycles. The van der Waals surface area contributed by atoms with Gasteiger partial charge in [-0.15, -0.1) is 0 Å². The quantitative estimate of drug-likeness (QED) is 0.322. The van der Waals surface area contributed by atoms with Crippen molar-refractivity contribution in [1.82, 2.24) is 15.0 Å². The van der Waals surface area contributed by atoms with Crippen molar-refractivity contribution in [3.8, 4) is 33.8 Å². The lowest BCUT2D eigenvalue weighted by Gasteiger charge is -2.12. The van der Waals surface area contributed by atoms with Crippen LogP contribution < -0.4 is 0 Å². The molecule has 0 spiro atoms. The smallest absolute Gasteiger partial charge is 0.251 e. The minimum atomic E-state index is -4.77. The molecule has 0 atom stereocenters. The zero-order chi connectivity index (χ0) is 22.9. The van der Waals surface area contributed by atoms with Gasteiger partial charge in [-0.05, 0) is 35.4 Å². The first-order chi connectivity index (χ1) is 15.1. The summed E-state index contributed by atoms with van der Waals surface area (Å²) in [6.45, 7) is 0. The minimum Gasteiger partial charge on any atom is -0.251 e. The monoisotopic (exact) mass is 445 g/mol. The molecule has 0 aliphatic rings. The van der Waals surface area contributed by atoms with E-state index in [2.05, 4.69) is 15.0 Å². The summed E-state index contributed by atoms with van der Waals surface area (Å²) in [6, 6.07) is 18.3. The highest BCUT2D eigenvalue weighted by Gasteiger charge is 2.35. The first kappa shape index (κ1) is 21.5. The number of aromatic nitrogens is 3. The molecule has 2 aromatic heterocycles. The summed E-state index contributed by atoms with van der Waals surface area (Å²) >= 11 is 0. The predicted octanol–water partition coefficient (Wildman–Crippen LogP) is 6.91. The lowest BCUT2D eigenvalue weighted by Crippen LogP contribution is -2.11. The Balaban J connectivity index is 1.82. The van der Waals surface area contributed by atoms with Crippen molar-refractivity contribution in [3.63, 3.8) is 0 Å². The SMILES string of the molecule is FC(F)(F)c1ccc(-c2cc(C(F)(F)F)nc(-c3cccc(-c4ccccc4)c3)n2)cn1. The normalized spacial score (nSPS) is 12.1. The van der Waals surface area contributed by atoms with Gasteiger partial charge in [-0.25, -0.2) is 9.97 Å². The first-order valence-electron chi connectivity index (χ1n) is 9.27. The zero-order valence-corrected chi connectivity index (χ0v) is 16.1. The number of pyridine rings is 1. The molecule has 162 valence electrons. The van der Waals surface area contributed by atoms with E-state index in [0.717, 1.165) is 23.4 Å². The highest BCUT2D eigenvalue weighted by Crippen LogP contribution is 2.34. The number of hydrogen-bond donors (Lipinski definition) is 0. The predicted molar refractivity (Wildman–Crippen MR) is 106 cm³/mol. The Morgan fingerprint density at radius 3 is 1.81 bits per heavy atom. The molecule has 4 aromatic rings. The zero-order valence-electron chi connectivity index (χ0n) is 16.1. The number of hydrogen-bond acceptors (Lipinski definition) is 3. The van der Waals surface area contributed by atoms with E-state index in [1.807, 2.05) is 30.3 Å². The van der Waals surface area contributed by atoms with Crippen molar-refractivity contribution < 1.29 is 26.3 Å². The summed E-state index contributed by atoms with van der Waals surface area (Å²) in [5.41, 5.74) is -0.599. The molecule has 3 nitrogen and oxygen atoms in total. The second-order valence-electron chi connectivity index (χ2n) is 6.84. The van der Waals surface area contributed by atoms with Crippen molar-refractivity contribution in [2.45, 2.75) is 12.4 Å². The van der Waals surface area contributed by atoms with Crippen LogP contribution in [0, 0.1) is 0 Å². The van der Waals surface area contributed by atoms with Gasteiger partial charge in [-0.1, -0.05) is 48.5 Å². The fourth-order valence-electron chi connectivity index (χ4n) is 3.05. The Labute approximate surface area is 178 Å². The highest BCUT2D eigenvalue weighted by molar-refractivity contribution is 5.71. The molecular formula is C23H13F6N3. The van der Waals surface area contributed by atoms with Gasteiger partial charge in [-0.2, -0.15) is 26.3 Å². The third-order valence-corrected chi connectivity index (χ3v) is 4.59. The molecule has 0 unspecified atom stereocenters. The van der Waals surface area contributed by atoms with E-state index in [1.165, 1.54) is 0 Å². The van der Waals surface area contributed by atoms with Crippen molar-refractivity contribution >= 4 is 0 Å². The molecule has 0 N–H and O–H groups in total. The standard InChI is InChI=1S/C23H13F6N3/c24-22(25,26)19-10-9-17(13-30-19)18-12-20(23(27,28)29)32-21(31-18)16-8-4-7-15(11-16)14-5-2-1-3-6-14/h1-13H. The van der Waals surface area contributed by atoms with Gasteiger partial charge < -0.3 is 0 Å². The maximum atomic E-state index is 13.5. The van der Waals surface area contributed by atoms with Crippen LogP contribution in [-0.2, 0) is 12.4 Å². The second-order valence-corrected chi connectivity index (χ2v) is 6.84. The molecule has 0 radical (unpaired) electrons. The van der Waals surface area contributed by atoms with Crippen molar-refractivity contribution in [2.75, 3.05) is 0 Å². The lowest BCUT2D eigenvalue weighted by molar-refractivity contribution is -0.141. The van der Waals surface area contributed by atoms with Gasteiger partial charge in [0.15, 0.2) is 5.82 Å². The Kier molecular flexibility index (Phi) is 5.41. The van der Waals surface area contributed by atoms with Gasteiger partial charge in [0.1, 0.15) is 11.4 Å². The summed E-state index contributed by atoms with van der Waals surface area (Å²) < 4.78 is 78.8. The Hall–Kier alpha value is -3.75. The van der Waals surface area contributed by atoms with Crippen LogP contribution in [0.1, 0.15) is 11.4 Å². The molecule has 0 aliphatic carbocycles. The van der Waals surface area contributed by atoms with Gasteiger partial charge in [0.05, 0.1) is 5.69 Å². The number of nitrogens with zero attached hydrogens (tertiary/aromatic N) is 3. The summed E-state index contributed by atoms with van der Waals surface area (Å²) in [6.07, 6.45) is -8.59. The third-order valence-electron chi connectivity index (χ3n) is 4.59. The van der Waals surface area contributed by atoms with Crippen LogP contribution in [0.3, 0.4) is 0 Å². The average Bonchev–Trinajstić information content (AvgIpc) is 2.78. The topological polar surface area (TPSA) is 38.7 Å². The largest absolute Gasteiger partial charge is 0.433 e. The van der Waals surface area contributed by atoms with Gasteiger partial charge >= 0.3 is 12.4 Å². The van der Waals surface area contributed by atoms with Crippen LogP contribution in [0.5, 0.6) is 0 Å². The van der Waals surface area contributed by atoms with Crippen LogP contribution in [0.25, 0.3) is 33.8 Å². The number of rotatable bonds is 3. The van der Waals surface area contributed by atoms with Crippen LogP contribution in [0.2, 0.25) is 0 Å². The van der Waals surface area contributed by atoms with E-state index >= 15 is 0 Å². The van der Waals surface area contributed by atoms with Gasteiger partial charge in [0.2, 0.25) is 0 Å². The molecule has 32 heavy (non-hydrogen) atoms. The maximum Gasteiger partial charge on any atom is 0.433 e. The molecule has 0 saturated heterocycles. The molecular weight excluding hydrogens is 432 g/mol. The summed E-state index contributed by atoms with van der Waals surface area (Å²) in [7, 11) is 0. The second kappa shape index (κ2) is 8.07.